The average molecular weight is 420 g/mol. The van der Waals surface area contributed by atoms with E-state index in [1.807, 2.05) is 24.3 Å². The Kier molecular flexibility index (Phi) is 6.42. The Morgan fingerprint density at radius 2 is 1.76 bits per heavy atom. The third-order valence-corrected chi connectivity index (χ3v) is 6.25. The van der Waals surface area contributed by atoms with Crippen molar-refractivity contribution in [2.24, 2.45) is 0 Å². The molecular formula is C21H26FN3O3S. The van der Waals surface area contributed by atoms with Crippen LogP contribution in [0.1, 0.15) is 26.2 Å². The van der Waals surface area contributed by atoms with Crippen LogP contribution >= 0.6 is 0 Å². The third-order valence-electron chi connectivity index (χ3n) is 5.01. The number of hydrogen-bond acceptors (Lipinski definition) is 4. The lowest BCUT2D eigenvalue weighted by Crippen LogP contribution is -2.45. The monoisotopic (exact) mass is 419 g/mol. The molecule has 0 saturated carbocycles. The predicted octanol–water partition coefficient (Wildman–Crippen LogP) is 3.61. The van der Waals surface area contributed by atoms with Gasteiger partial charge in [0.25, 0.3) is 0 Å². The summed E-state index contributed by atoms with van der Waals surface area (Å²) in [6, 6.07) is 11.7. The van der Waals surface area contributed by atoms with Crippen LogP contribution in [0.25, 0.3) is 0 Å². The molecule has 1 atom stereocenters. The highest BCUT2D eigenvalue weighted by Gasteiger charge is 2.29. The van der Waals surface area contributed by atoms with E-state index < -0.39 is 27.8 Å². The maximum atomic E-state index is 13.6. The first-order chi connectivity index (χ1) is 13.8. The predicted molar refractivity (Wildman–Crippen MR) is 114 cm³/mol. The van der Waals surface area contributed by atoms with Gasteiger partial charge < -0.3 is 10.2 Å². The molecule has 0 spiro atoms. The van der Waals surface area contributed by atoms with Crippen LogP contribution in [0.3, 0.4) is 0 Å². The molecule has 0 radical (unpaired) electrons. The van der Waals surface area contributed by atoms with E-state index in [9.17, 15) is 17.6 Å². The van der Waals surface area contributed by atoms with Crippen LogP contribution in [0, 0.1) is 5.82 Å². The fourth-order valence-electron chi connectivity index (χ4n) is 3.58. The summed E-state index contributed by atoms with van der Waals surface area (Å²) >= 11 is 0. The maximum Gasteiger partial charge on any atom is 0.247 e. The van der Waals surface area contributed by atoms with Crippen LogP contribution in [-0.2, 0) is 14.8 Å². The molecule has 1 aliphatic rings. The molecule has 1 aliphatic heterocycles. The van der Waals surface area contributed by atoms with Gasteiger partial charge in [-0.1, -0.05) is 6.07 Å². The second-order valence-electron chi connectivity index (χ2n) is 7.30. The molecule has 3 rings (SSSR count). The quantitative estimate of drug-likeness (QED) is 0.777. The standard InChI is InChI=1S/C21H26FN3O3S/c1-16(25(29(2,27)28)20-8-6-7-17(22)15-20)21(26)23-18-9-11-19(12-10-18)24-13-4-3-5-14-24/h6-12,15-16H,3-5,13-14H2,1-2H3,(H,23,26)/t16-/m0/s1. The zero-order valence-corrected chi connectivity index (χ0v) is 17.5. The third kappa shape index (κ3) is 5.26. The summed E-state index contributed by atoms with van der Waals surface area (Å²) in [5.74, 6) is -1.07. The summed E-state index contributed by atoms with van der Waals surface area (Å²) in [6.07, 6.45) is 4.61. The van der Waals surface area contributed by atoms with Gasteiger partial charge in [0.15, 0.2) is 0 Å². The molecule has 2 aromatic carbocycles. The molecule has 1 amide bonds. The van der Waals surface area contributed by atoms with Gasteiger partial charge in [0.1, 0.15) is 11.9 Å². The lowest BCUT2D eigenvalue weighted by atomic mass is 10.1. The Bertz CT molecular complexity index is 957. The van der Waals surface area contributed by atoms with Crippen LogP contribution in [0.5, 0.6) is 0 Å². The van der Waals surface area contributed by atoms with Crippen molar-refractivity contribution >= 4 is 33.0 Å². The number of halogens is 1. The number of carbonyl (C=O) groups is 1. The first-order valence-corrected chi connectivity index (χ1v) is 11.5. The highest BCUT2D eigenvalue weighted by atomic mass is 32.2. The highest BCUT2D eigenvalue weighted by molar-refractivity contribution is 7.92. The number of benzene rings is 2. The van der Waals surface area contributed by atoms with E-state index in [-0.39, 0.29) is 5.69 Å². The van der Waals surface area contributed by atoms with Crippen molar-refractivity contribution in [2.75, 3.05) is 33.9 Å². The fraction of sp³-hybridized carbons (Fsp3) is 0.381. The van der Waals surface area contributed by atoms with Gasteiger partial charge in [0.05, 0.1) is 11.9 Å². The van der Waals surface area contributed by atoms with Crippen LogP contribution in [0.4, 0.5) is 21.5 Å². The van der Waals surface area contributed by atoms with E-state index in [1.54, 1.807) is 0 Å². The summed E-state index contributed by atoms with van der Waals surface area (Å²) in [5, 5.41) is 2.75. The van der Waals surface area contributed by atoms with Crippen LogP contribution in [0.15, 0.2) is 48.5 Å². The van der Waals surface area contributed by atoms with E-state index in [2.05, 4.69) is 10.2 Å². The molecule has 0 aliphatic carbocycles. The summed E-state index contributed by atoms with van der Waals surface area (Å²) in [4.78, 5) is 15.0. The molecule has 6 nitrogen and oxygen atoms in total. The van der Waals surface area contributed by atoms with Crippen molar-refractivity contribution in [2.45, 2.75) is 32.2 Å². The van der Waals surface area contributed by atoms with E-state index in [1.165, 1.54) is 44.4 Å². The summed E-state index contributed by atoms with van der Waals surface area (Å²) in [6.45, 7) is 3.53. The van der Waals surface area contributed by atoms with Crippen LogP contribution in [-0.4, -0.2) is 39.7 Å². The second-order valence-corrected chi connectivity index (χ2v) is 9.16. The van der Waals surface area contributed by atoms with Gasteiger partial charge in [-0.3, -0.25) is 9.10 Å². The Balaban J connectivity index is 1.74. The SMILES string of the molecule is C[C@@H](C(=O)Nc1ccc(N2CCCCC2)cc1)N(c1cccc(F)c1)S(C)(=O)=O. The Labute approximate surface area is 171 Å². The molecule has 1 saturated heterocycles. The van der Waals surface area contributed by atoms with Crippen molar-refractivity contribution in [3.05, 3.63) is 54.3 Å². The smallest absolute Gasteiger partial charge is 0.247 e. The Morgan fingerprint density at radius 3 is 2.34 bits per heavy atom. The Morgan fingerprint density at radius 1 is 1.10 bits per heavy atom. The van der Waals surface area contributed by atoms with Crippen molar-refractivity contribution < 1.29 is 17.6 Å². The zero-order valence-electron chi connectivity index (χ0n) is 16.6. The summed E-state index contributed by atoms with van der Waals surface area (Å²) in [5.41, 5.74) is 1.79. The molecule has 0 bridgehead atoms. The normalized spacial score (nSPS) is 15.6. The highest BCUT2D eigenvalue weighted by Crippen LogP contribution is 2.24. The first kappa shape index (κ1) is 21.1. The lowest BCUT2D eigenvalue weighted by molar-refractivity contribution is -0.116. The van der Waals surface area contributed by atoms with Crippen molar-refractivity contribution in [1.82, 2.24) is 0 Å². The number of nitrogens with one attached hydrogen (secondary N) is 1. The number of piperidine rings is 1. The van der Waals surface area contributed by atoms with E-state index >= 15 is 0 Å². The van der Waals surface area contributed by atoms with Crippen LogP contribution in [0.2, 0.25) is 0 Å². The number of rotatable bonds is 6. The minimum atomic E-state index is -3.79. The number of hydrogen-bond donors (Lipinski definition) is 1. The average Bonchev–Trinajstić information content (AvgIpc) is 2.68. The molecular weight excluding hydrogens is 393 g/mol. The van der Waals surface area contributed by atoms with Crippen molar-refractivity contribution in [1.29, 1.82) is 0 Å². The lowest BCUT2D eigenvalue weighted by Gasteiger charge is -2.29. The number of sulfonamides is 1. The topological polar surface area (TPSA) is 69.7 Å². The summed E-state index contributed by atoms with van der Waals surface area (Å²) in [7, 11) is -3.79. The minimum absolute atomic E-state index is 0.107. The van der Waals surface area contributed by atoms with Gasteiger partial charge in [0.2, 0.25) is 15.9 Å². The van der Waals surface area contributed by atoms with Gasteiger partial charge in [-0.2, -0.15) is 0 Å². The molecule has 8 heteroatoms. The minimum Gasteiger partial charge on any atom is -0.372 e. The fourth-order valence-corrected chi connectivity index (χ4v) is 4.74. The van der Waals surface area contributed by atoms with Crippen molar-refractivity contribution in [3.63, 3.8) is 0 Å². The van der Waals surface area contributed by atoms with Gasteiger partial charge >= 0.3 is 0 Å². The second kappa shape index (κ2) is 8.82. The molecule has 29 heavy (non-hydrogen) atoms. The number of anilines is 3. The van der Waals surface area contributed by atoms with E-state index in [0.29, 0.717) is 5.69 Å². The molecule has 1 heterocycles. The number of amides is 1. The van der Waals surface area contributed by atoms with Gasteiger partial charge in [-0.05, 0) is 68.7 Å². The van der Waals surface area contributed by atoms with E-state index in [4.69, 9.17) is 0 Å². The molecule has 1 N–H and O–H groups in total. The molecule has 156 valence electrons. The molecule has 1 fully saturated rings. The molecule has 2 aromatic rings. The Hall–Kier alpha value is -2.61. The van der Waals surface area contributed by atoms with E-state index in [0.717, 1.165) is 35.4 Å². The number of carbonyl (C=O) groups excluding carboxylic acids is 1. The van der Waals surface area contributed by atoms with Gasteiger partial charge in [-0.25, -0.2) is 12.8 Å². The van der Waals surface area contributed by atoms with Gasteiger partial charge in [-0.15, -0.1) is 0 Å². The van der Waals surface area contributed by atoms with Crippen molar-refractivity contribution in [3.8, 4) is 0 Å². The van der Waals surface area contributed by atoms with Crippen LogP contribution < -0.4 is 14.5 Å². The summed E-state index contributed by atoms with van der Waals surface area (Å²) < 4.78 is 39.1. The molecule has 0 unspecified atom stereocenters. The first-order valence-electron chi connectivity index (χ1n) is 9.66. The number of nitrogens with zero attached hydrogens (tertiary/aromatic N) is 2. The zero-order chi connectivity index (χ0) is 21.0. The largest absolute Gasteiger partial charge is 0.372 e. The molecule has 0 aromatic heterocycles. The maximum absolute atomic E-state index is 13.6. The van der Waals surface area contributed by atoms with Gasteiger partial charge in [0, 0.05) is 24.5 Å².